The van der Waals surface area contributed by atoms with Crippen LogP contribution in [0.5, 0.6) is 0 Å². The highest BCUT2D eigenvalue weighted by Crippen LogP contribution is 2.33. The summed E-state index contributed by atoms with van der Waals surface area (Å²) in [5.41, 5.74) is 1.43. The fourth-order valence-electron chi connectivity index (χ4n) is 2.09. The van der Waals surface area contributed by atoms with Gasteiger partial charge in [-0.1, -0.05) is 42.5 Å². The van der Waals surface area contributed by atoms with Crippen LogP contribution in [0.2, 0.25) is 0 Å². The quantitative estimate of drug-likeness (QED) is 0.567. The molecule has 2 rings (SSSR count). The van der Waals surface area contributed by atoms with Crippen molar-refractivity contribution in [2.45, 2.75) is 11.7 Å². The molecule has 0 saturated carbocycles. The summed E-state index contributed by atoms with van der Waals surface area (Å²) in [6.07, 6.45) is 0.233. The van der Waals surface area contributed by atoms with Crippen LogP contribution in [0.1, 0.15) is 27.6 Å². The minimum atomic E-state index is -0.353. The van der Waals surface area contributed by atoms with Gasteiger partial charge >= 0.3 is 5.97 Å². The van der Waals surface area contributed by atoms with Crippen molar-refractivity contribution in [3.8, 4) is 0 Å². The van der Waals surface area contributed by atoms with Crippen molar-refractivity contribution in [2.24, 2.45) is 0 Å². The first-order valence-corrected chi connectivity index (χ1v) is 8.17. The Morgan fingerprint density at radius 2 is 1.74 bits per heavy atom. The van der Waals surface area contributed by atoms with Crippen molar-refractivity contribution in [2.75, 3.05) is 12.9 Å². The van der Waals surface area contributed by atoms with E-state index in [9.17, 15) is 14.0 Å². The molecule has 0 aliphatic rings. The number of hydrogen-bond donors (Lipinski definition) is 0. The molecule has 0 amide bonds. The predicted octanol–water partition coefficient (Wildman–Crippen LogP) is 4.05. The van der Waals surface area contributed by atoms with Gasteiger partial charge in [0.1, 0.15) is 5.82 Å². The van der Waals surface area contributed by atoms with Crippen molar-refractivity contribution in [1.82, 2.24) is 0 Å². The number of esters is 1. The molecule has 0 spiro atoms. The maximum Gasteiger partial charge on any atom is 0.315 e. The van der Waals surface area contributed by atoms with E-state index in [2.05, 4.69) is 4.74 Å². The number of Topliss-reactive ketones (excluding diaryl/α,β-unsaturated/α-hetero) is 1. The van der Waals surface area contributed by atoms with Crippen LogP contribution in [0.25, 0.3) is 0 Å². The molecule has 5 heteroatoms. The van der Waals surface area contributed by atoms with Gasteiger partial charge in [0.15, 0.2) is 5.78 Å². The molecule has 0 unspecified atom stereocenters. The minimum absolute atomic E-state index is 0.0164. The third-order valence-electron chi connectivity index (χ3n) is 3.34. The highest BCUT2D eigenvalue weighted by molar-refractivity contribution is 8.00. The standard InChI is InChI=1S/C18H17FO3S/c1-22-18(21)12-23-17(14-7-9-15(19)10-8-14)11-16(20)13-5-3-2-4-6-13/h2-10,17H,11-12H2,1H3/t17-/m1/s1. The Hall–Kier alpha value is -2.14. The van der Waals surface area contributed by atoms with Crippen LogP contribution in [-0.2, 0) is 9.53 Å². The molecule has 0 aliphatic carbocycles. The molecule has 3 nitrogen and oxygen atoms in total. The third kappa shape index (κ3) is 5.21. The van der Waals surface area contributed by atoms with Gasteiger partial charge in [0.05, 0.1) is 12.9 Å². The highest BCUT2D eigenvalue weighted by atomic mass is 32.2. The zero-order valence-electron chi connectivity index (χ0n) is 12.7. The normalized spacial score (nSPS) is 11.7. The molecular formula is C18H17FO3S. The van der Waals surface area contributed by atoms with Crippen LogP contribution < -0.4 is 0 Å². The molecule has 2 aromatic carbocycles. The zero-order valence-corrected chi connectivity index (χ0v) is 13.5. The summed E-state index contributed by atoms with van der Waals surface area (Å²) >= 11 is 1.32. The van der Waals surface area contributed by atoms with E-state index in [4.69, 9.17) is 0 Å². The van der Waals surface area contributed by atoms with Gasteiger partial charge in [0, 0.05) is 17.2 Å². The lowest BCUT2D eigenvalue weighted by atomic mass is 10.0. The van der Waals surface area contributed by atoms with Gasteiger partial charge in [0.25, 0.3) is 0 Å². The Kier molecular flexibility index (Phi) is 6.35. The third-order valence-corrected chi connectivity index (χ3v) is 4.58. The maximum absolute atomic E-state index is 13.1. The monoisotopic (exact) mass is 332 g/mol. The second-order valence-electron chi connectivity index (χ2n) is 4.92. The molecule has 0 radical (unpaired) electrons. The van der Waals surface area contributed by atoms with Crippen LogP contribution >= 0.6 is 11.8 Å². The highest BCUT2D eigenvalue weighted by Gasteiger charge is 2.19. The van der Waals surface area contributed by atoms with E-state index in [0.29, 0.717) is 5.56 Å². The number of thioether (sulfide) groups is 1. The lowest BCUT2D eigenvalue weighted by Crippen LogP contribution is -2.10. The number of benzene rings is 2. The van der Waals surface area contributed by atoms with Crippen LogP contribution in [0.4, 0.5) is 4.39 Å². The van der Waals surface area contributed by atoms with Gasteiger partial charge in [0.2, 0.25) is 0 Å². The van der Waals surface area contributed by atoms with Crippen molar-refractivity contribution in [3.63, 3.8) is 0 Å². The summed E-state index contributed by atoms with van der Waals surface area (Å²) in [5, 5.41) is -0.234. The summed E-state index contributed by atoms with van der Waals surface area (Å²) in [4.78, 5) is 23.8. The molecule has 0 aromatic heterocycles. The van der Waals surface area contributed by atoms with Crippen molar-refractivity contribution in [3.05, 3.63) is 71.5 Å². The fraction of sp³-hybridized carbons (Fsp3) is 0.222. The molecule has 0 N–H and O–H groups in total. The molecule has 0 bridgehead atoms. The van der Waals surface area contributed by atoms with Crippen LogP contribution in [0.3, 0.4) is 0 Å². The molecule has 0 saturated heterocycles. The van der Waals surface area contributed by atoms with Crippen molar-refractivity contribution in [1.29, 1.82) is 0 Å². The smallest absolute Gasteiger partial charge is 0.315 e. The first kappa shape index (κ1) is 17.2. The SMILES string of the molecule is COC(=O)CS[C@H](CC(=O)c1ccccc1)c1ccc(F)cc1. The molecule has 0 aliphatic heterocycles. The second-order valence-corrected chi connectivity index (χ2v) is 6.11. The summed E-state index contributed by atoms with van der Waals surface area (Å²) in [6.45, 7) is 0. The maximum atomic E-state index is 13.1. The molecular weight excluding hydrogens is 315 g/mol. The average Bonchev–Trinajstić information content (AvgIpc) is 2.59. The Bertz CT molecular complexity index is 656. The number of carbonyl (C=O) groups excluding carboxylic acids is 2. The number of rotatable bonds is 7. The molecule has 2 aromatic rings. The number of ketones is 1. The van der Waals surface area contributed by atoms with Crippen LogP contribution in [0.15, 0.2) is 54.6 Å². The summed E-state index contributed by atoms with van der Waals surface area (Å²) < 4.78 is 17.7. The Morgan fingerprint density at radius 3 is 2.35 bits per heavy atom. The van der Waals surface area contributed by atoms with Crippen LogP contribution in [-0.4, -0.2) is 24.6 Å². The molecule has 0 heterocycles. The Labute approximate surface area is 138 Å². The van der Waals surface area contributed by atoms with Gasteiger partial charge in [-0.25, -0.2) is 4.39 Å². The lowest BCUT2D eigenvalue weighted by Gasteiger charge is -2.16. The summed E-state index contributed by atoms with van der Waals surface area (Å²) in [7, 11) is 1.32. The first-order chi connectivity index (χ1) is 11.1. The van der Waals surface area contributed by atoms with E-state index in [-0.39, 0.29) is 35.0 Å². The summed E-state index contributed by atoms with van der Waals surface area (Å²) in [5.74, 6) is -0.563. The molecule has 120 valence electrons. The summed E-state index contributed by atoms with van der Waals surface area (Å²) in [6, 6.07) is 15.0. The average molecular weight is 332 g/mol. The second kappa shape index (κ2) is 8.48. The first-order valence-electron chi connectivity index (χ1n) is 7.12. The number of carbonyl (C=O) groups is 2. The van der Waals surface area contributed by atoms with Gasteiger partial charge in [-0.05, 0) is 17.7 Å². The predicted molar refractivity (Wildman–Crippen MR) is 89.0 cm³/mol. The van der Waals surface area contributed by atoms with Gasteiger partial charge in [-0.3, -0.25) is 9.59 Å². The number of ether oxygens (including phenoxy) is 1. The number of methoxy groups -OCH3 is 1. The van der Waals surface area contributed by atoms with E-state index in [1.165, 1.54) is 31.0 Å². The Balaban J connectivity index is 2.14. The van der Waals surface area contributed by atoms with E-state index < -0.39 is 0 Å². The minimum Gasteiger partial charge on any atom is -0.468 e. The topological polar surface area (TPSA) is 43.4 Å². The van der Waals surface area contributed by atoms with Crippen molar-refractivity contribution < 1.29 is 18.7 Å². The van der Waals surface area contributed by atoms with Gasteiger partial charge < -0.3 is 4.74 Å². The van der Waals surface area contributed by atoms with Gasteiger partial charge in [-0.15, -0.1) is 11.8 Å². The van der Waals surface area contributed by atoms with E-state index in [1.807, 2.05) is 18.2 Å². The van der Waals surface area contributed by atoms with Gasteiger partial charge in [-0.2, -0.15) is 0 Å². The number of hydrogen-bond acceptors (Lipinski definition) is 4. The molecule has 1 atom stereocenters. The van der Waals surface area contributed by atoms with Crippen molar-refractivity contribution >= 4 is 23.5 Å². The zero-order chi connectivity index (χ0) is 16.7. The fourth-order valence-corrected chi connectivity index (χ4v) is 3.16. The van der Waals surface area contributed by atoms with E-state index >= 15 is 0 Å². The largest absolute Gasteiger partial charge is 0.468 e. The molecule has 0 fully saturated rings. The van der Waals surface area contributed by atoms with E-state index in [0.717, 1.165) is 5.56 Å². The Morgan fingerprint density at radius 1 is 1.09 bits per heavy atom. The lowest BCUT2D eigenvalue weighted by molar-refractivity contribution is -0.137. The van der Waals surface area contributed by atoms with E-state index in [1.54, 1.807) is 24.3 Å². The molecule has 23 heavy (non-hydrogen) atoms. The van der Waals surface area contributed by atoms with Crippen LogP contribution in [0, 0.1) is 5.82 Å². The number of halogens is 1.